The zero-order valence-electron chi connectivity index (χ0n) is 15.2. The summed E-state index contributed by atoms with van der Waals surface area (Å²) in [6, 6.07) is 16.4. The maximum absolute atomic E-state index is 9.34. The number of rotatable bonds is 5. The smallest absolute Gasteiger partial charge is 0.137 e. The van der Waals surface area contributed by atoms with Crippen molar-refractivity contribution in [1.29, 1.82) is 5.26 Å². The number of aromatic nitrogens is 1. The van der Waals surface area contributed by atoms with Gasteiger partial charge in [0.2, 0.25) is 0 Å². The van der Waals surface area contributed by atoms with Gasteiger partial charge >= 0.3 is 0 Å². The van der Waals surface area contributed by atoms with Crippen LogP contribution in [0.5, 0.6) is 11.5 Å². The first-order chi connectivity index (χ1) is 12.6. The van der Waals surface area contributed by atoms with Crippen LogP contribution < -0.4 is 9.47 Å². The van der Waals surface area contributed by atoms with Gasteiger partial charge in [-0.1, -0.05) is 6.07 Å². The second-order valence-electron chi connectivity index (χ2n) is 7.01. The van der Waals surface area contributed by atoms with E-state index in [0.717, 1.165) is 24.3 Å². The summed E-state index contributed by atoms with van der Waals surface area (Å²) in [4.78, 5) is 0. The fraction of sp³-hybridized carbons (Fsp3) is 0.318. The van der Waals surface area contributed by atoms with E-state index in [0.29, 0.717) is 17.9 Å². The number of nitriles is 1. The molecule has 2 heterocycles. The number of benzene rings is 2. The van der Waals surface area contributed by atoms with Gasteiger partial charge in [-0.25, -0.2) is 0 Å². The van der Waals surface area contributed by atoms with Crippen LogP contribution in [0.2, 0.25) is 0 Å². The predicted molar refractivity (Wildman–Crippen MR) is 102 cm³/mol. The average Bonchev–Trinajstić information content (AvgIpc) is 3.21. The zero-order valence-corrected chi connectivity index (χ0v) is 15.2. The van der Waals surface area contributed by atoms with Crippen molar-refractivity contribution in [2.24, 2.45) is 0 Å². The molecule has 0 unspecified atom stereocenters. The Balaban J connectivity index is 1.50. The quantitative estimate of drug-likeness (QED) is 0.665. The highest BCUT2D eigenvalue weighted by atomic mass is 16.5. The van der Waals surface area contributed by atoms with E-state index in [2.05, 4.69) is 28.8 Å². The number of hydrogen-bond acceptors (Lipinski definition) is 3. The van der Waals surface area contributed by atoms with Gasteiger partial charge < -0.3 is 14.0 Å². The van der Waals surface area contributed by atoms with Gasteiger partial charge in [-0.05, 0) is 68.7 Å². The number of nitrogens with zero attached hydrogens (tertiary/aromatic N) is 2. The van der Waals surface area contributed by atoms with E-state index >= 15 is 0 Å². The van der Waals surface area contributed by atoms with Crippen LogP contribution in [-0.4, -0.2) is 10.7 Å². The molecule has 0 saturated heterocycles. The van der Waals surface area contributed by atoms with Crippen LogP contribution in [0.1, 0.15) is 37.1 Å². The molecule has 0 radical (unpaired) electrons. The second-order valence-corrected chi connectivity index (χ2v) is 7.01. The molecular formula is C22H22N2O2. The third kappa shape index (κ3) is 3.13. The van der Waals surface area contributed by atoms with Gasteiger partial charge in [0.25, 0.3) is 0 Å². The lowest BCUT2D eigenvalue weighted by atomic mass is 10.1. The Kier molecular flexibility index (Phi) is 4.30. The monoisotopic (exact) mass is 346 g/mol. The first-order valence-corrected chi connectivity index (χ1v) is 9.08. The van der Waals surface area contributed by atoms with E-state index in [4.69, 9.17) is 9.47 Å². The standard InChI is InChI=1S/C22H22N2O2/c1-15(2)26-22-8-5-16(10-18(22)13-23)14-25-20-6-7-21-17(12-20)11-19-4-3-9-24(19)21/h5-8,10-12,15H,3-4,9,14H2,1-2H3. The Morgan fingerprint density at radius 3 is 2.85 bits per heavy atom. The first-order valence-electron chi connectivity index (χ1n) is 9.08. The molecule has 4 rings (SSSR count). The normalized spacial score (nSPS) is 13.0. The van der Waals surface area contributed by atoms with Crippen LogP contribution in [0.25, 0.3) is 10.9 Å². The van der Waals surface area contributed by atoms with E-state index in [9.17, 15) is 5.26 Å². The second kappa shape index (κ2) is 6.76. The van der Waals surface area contributed by atoms with E-state index in [1.807, 2.05) is 38.1 Å². The topological polar surface area (TPSA) is 47.2 Å². The Labute approximate surface area is 153 Å². The summed E-state index contributed by atoms with van der Waals surface area (Å²) in [7, 11) is 0. The molecule has 4 heteroatoms. The molecule has 26 heavy (non-hydrogen) atoms. The van der Waals surface area contributed by atoms with E-state index in [1.165, 1.54) is 23.0 Å². The minimum Gasteiger partial charge on any atom is -0.490 e. The first kappa shape index (κ1) is 16.5. The van der Waals surface area contributed by atoms with Crippen molar-refractivity contribution in [3.8, 4) is 17.6 Å². The summed E-state index contributed by atoms with van der Waals surface area (Å²) in [6.45, 7) is 5.44. The molecule has 0 saturated carbocycles. The van der Waals surface area contributed by atoms with Crippen molar-refractivity contribution >= 4 is 10.9 Å². The van der Waals surface area contributed by atoms with E-state index in [-0.39, 0.29) is 6.10 Å². The molecule has 0 atom stereocenters. The fourth-order valence-corrected chi connectivity index (χ4v) is 3.56. The van der Waals surface area contributed by atoms with Crippen LogP contribution in [0, 0.1) is 11.3 Å². The van der Waals surface area contributed by atoms with Gasteiger partial charge in [-0.2, -0.15) is 5.26 Å². The molecule has 0 aliphatic carbocycles. The minimum absolute atomic E-state index is 0.0416. The summed E-state index contributed by atoms with van der Waals surface area (Å²) in [5, 5.41) is 10.6. The van der Waals surface area contributed by atoms with Crippen molar-refractivity contribution in [2.75, 3.05) is 0 Å². The lowest BCUT2D eigenvalue weighted by molar-refractivity contribution is 0.241. The summed E-state index contributed by atoms with van der Waals surface area (Å²) in [6.07, 6.45) is 2.44. The van der Waals surface area contributed by atoms with Crippen molar-refractivity contribution in [1.82, 2.24) is 4.57 Å². The highest BCUT2D eigenvalue weighted by Gasteiger charge is 2.14. The molecule has 0 spiro atoms. The van der Waals surface area contributed by atoms with Crippen LogP contribution in [-0.2, 0) is 19.6 Å². The van der Waals surface area contributed by atoms with Gasteiger partial charge in [-0.15, -0.1) is 0 Å². The maximum atomic E-state index is 9.34. The molecule has 0 bridgehead atoms. The molecule has 1 aliphatic rings. The highest BCUT2D eigenvalue weighted by molar-refractivity contribution is 5.83. The van der Waals surface area contributed by atoms with Crippen LogP contribution in [0.15, 0.2) is 42.5 Å². The molecule has 0 amide bonds. The van der Waals surface area contributed by atoms with Gasteiger partial charge in [0.05, 0.1) is 11.7 Å². The van der Waals surface area contributed by atoms with Gasteiger partial charge in [-0.3, -0.25) is 0 Å². The van der Waals surface area contributed by atoms with Gasteiger partial charge in [0.1, 0.15) is 24.2 Å². The largest absolute Gasteiger partial charge is 0.490 e. The number of ether oxygens (including phenoxy) is 2. The van der Waals surface area contributed by atoms with Crippen molar-refractivity contribution < 1.29 is 9.47 Å². The Hall–Kier alpha value is -2.93. The summed E-state index contributed by atoms with van der Waals surface area (Å²) >= 11 is 0. The Morgan fingerprint density at radius 1 is 1.15 bits per heavy atom. The number of fused-ring (bicyclic) bond motifs is 3. The molecule has 1 aliphatic heterocycles. The summed E-state index contributed by atoms with van der Waals surface area (Å²) in [5.74, 6) is 1.47. The molecule has 3 aromatic rings. The minimum atomic E-state index is 0.0416. The summed E-state index contributed by atoms with van der Waals surface area (Å²) in [5.41, 5.74) is 4.19. The third-order valence-corrected chi connectivity index (χ3v) is 4.71. The number of hydrogen-bond donors (Lipinski definition) is 0. The lowest BCUT2D eigenvalue weighted by Crippen LogP contribution is -2.07. The predicted octanol–water partition coefficient (Wildman–Crippen LogP) is 4.83. The van der Waals surface area contributed by atoms with Crippen LogP contribution in [0.4, 0.5) is 0 Å². The highest BCUT2D eigenvalue weighted by Crippen LogP contribution is 2.29. The van der Waals surface area contributed by atoms with Crippen LogP contribution >= 0.6 is 0 Å². The molecule has 4 nitrogen and oxygen atoms in total. The Bertz CT molecular complexity index is 995. The van der Waals surface area contributed by atoms with E-state index < -0.39 is 0 Å². The maximum Gasteiger partial charge on any atom is 0.137 e. The summed E-state index contributed by atoms with van der Waals surface area (Å²) < 4.78 is 14.0. The molecule has 0 fully saturated rings. The molecule has 0 N–H and O–H groups in total. The van der Waals surface area contributed by atoms with Crippen molar-refractivity contribution in [3.63, 3.8) is 0 Å². The molecule has 132 valence electrons. The van der Waals surface area contributed by atoms with Crippen molar-refractivity contribution in [2.45, 2.75) is 45.9 Å². The van der Waals surface area contributed by atoms with E-state index in [1.54, 1.807) is 0 Å². The third-order valence-electron chi connectivity index (χ3n) is 4.71. The van der Waals surface area contributed by atoms with Gasteiger partial charge in [0.15, 0.2) is 0 Å². The SMILES string of the molecule is CC(C)Oc1ccc(COc2ccc3c(c2)cc2n3CCC2)cc1C#N. The van der Waals surface area contributed by atoms with Crippen LogP contribution in [0.3, 0.4) is 0 Å². The average molecular weight is 346 g/mol. The number of aryl methyl sites for hydroxylation is 2. The Morgan fingerprint density at radius 2 is 2.04 bits per heavy atom. The fourth-order valence-electron chi connectivity index (χ4n) is 3.56. The zero-order chi connectivity index (χ0) is 18.1. The molecule has 2 aromatic carbocycles. The molecule has 1 aromatic heterocycles. The van der Waals surface area contributed by atoms with Crippen molar-refractivity contribution in [3.05, 3.63) is 59.3 Å². The lowest BCUT2D eigenvalue weighted by Gasteiger charge is -2.12. The molecular weight excluding hydrogens is 324 g/mol. The van der Waals surface area contributed by atoms with Gasteiger partial charge in [0, 0.05) is 23.1 Å².